The van der Waals surface area contributed by atoms with Gasteiger partial charge in [0, 0.05) is 25.1 Å². The summed E-state index contributed by atoms with van der Waals surface area (Å²) < 4.78 is 26.9. The Morgan fingerprint density at radius 1 is 1.15 bits per heavy atom. The summed E-state index contributed by atoms with van der Waals surface area (Å²) in [6.07, 6.45) is 0.123. The zero-order valence-electron chi connectivity index (χ0n) is 14.0. The van der Waals surface area contributed by atoms with E-state index in [-0.39, 0.29) is 42.2 Å². The van der Waals surface area contributed by atoms with Gasteiger partial charge in [-0.1, -0.05) is 30.3 Å². The van der Waals surface area contributed by atoms with Crippen molar-refractivity contribution in [2.45, 2.75) is 18.3 Å². The third-order valence-electron chi connectivity index (χ3n) is 4.12. The summed E-state index contributed by atoms with van der Waals surface area (Å²) in [6.45, 7) is 0.513. The summed E-state index contributed by atoms with van der Waals surface area (Å²) in [5, 5.41) is 2.33. The van der Waals surface area contributed by atoms with Gasteiger partial charge in [-0.2, -0.15) is 0 Å². The molecule has 1 heterocycles. The Labute approximate surface area is 154 Å². The van der Waals surface area contributed by atoms with Gasteiger partial charge in [-0.05, 0) is 23.8 Å². The van der Waals surface area contributed by atoms with Crippen molar-refractivity contribution in [1.82, 2.24) is 10.2 Å². The molecule has 0 radical (unpaired) electrons. The Bertz CT molecular complexity index is 798. The minimum absolute atomic E-state index is 0.102. The van der Waals surface area contributed by atoms with Crippen molar-refractivity contribution in [1.29, 1.82) is 0 Å². The highest BCUT2D eigenvalue weighted by Crippen LogP contribution is 2.39. The molecule has 0 bridgehead atoms. The molecular formula is C19H18F2N2O2S. The second-order valence-electron chi connectivity index (χ2n) is 5.93. The molecule has 7 heteroatoms. The molecule has 2 aromatic rings. The van der Waals surface area contributed by atoms with Crippen molar-refractivity contribution in [3.05, 3.63) is 71.3 Å². The highest BCUT2D eigenvalue weighted by atomic mass is 32.2. The van der Waals surface area contributed by atoms with Gasteiger partial charge in [-0.3, -0.25) is 9.59 Å². The van der Waals surface area contributed by atoms with Crippen LogP contribution in [0.3, 0.4) is 0 Å². The molecule has 0 spiro atoms. The first kappa shape index (κ1) is 18.4. The van der Waals surface area contributed by atoms with Crippen LogP contribution in [0.25, 0.3) is 0 Å². The molecule has 1 unspecified atom stereocenters. The topological polar surface area (TPSA) is 49.4 Å². The van der Waals surface area contributed by atoms with Crippen molar-refractivity contribution in [3.8, 4) is 0 Å². The summed E-state index contributed by atoms with van der Waals surface area (Å²) in [4.78, 5) is 25.7. The van der Waals surface area contributed by atoms with Crippen molar-refractivity contribution in [3.63, 3.8) is 0 Å². The third kappa shape index (κ3) is 4.40. The molecule has 136 valence electrons. The number of rotatable bonds is 6. The maximum Gasteiger partial charge on any atom is 0.233 e. The van der Waals surface area contributed by atoms with Gasteiger partial charge in [-0.15, -0.1) is 11.8 Å². The summed E-state index contributed by atoms with van der Waals surface area (Å²) in [7, 11) is 0. The van der Waals surface area contributed by atoms with Crippen LogP contribution in [0.4, 0.5) is 8.78 Å². The van der Waals surface area contributed by atoms with E-state index in [4.69, 9.17) is 0 Å². The van der Waals surface area contributed by atoms with E-state index in [1.54, 1.807) is 35.2 Å². The number of nitrogens with one attached hydrogen (secondary N) is 1. The van der Waals surface area contributed by atoms with Crippen LogP contribution in [-0.2, 0) is 16.1 Å². The number of halogens is 2. The quantitative estimate of drug-likeness (QED) is 0.842. The van der Waals surface area contributed by atoms with Crippen LogP contribution in [0.5, 0.6) is 0 Å². The van der Waals surface area contributed by atoms with Crippen LogP contribution in [0.2, 0.25) is 0 Å². The Kier molecular flexibility index (Phi) is 5.88. The van der Waals surface area contributed by atoms with Crippen LogP contribution < -0.4 is 5.32 Å². The summed E-state index contributed by atoms with van der Waals surface area (Å²) >= 11 is 1.36. The lowest BCUT2D eigenvalue weighted by Gasteiger charge is -2.24. The number of carbonyl (C=O) groups is 2. The molecule has 4 nitrogen and oxygen atoms in total. The molecule has 2 aromatic carbocycles. The fourth-order valence-electron chi connectivity index (χ4n) is 2.74. The van der Waals surface area contributed by atoms with Crippen LogP contribution in [-0.4, -0.2) is 29.0 Å². The summed E-state index contributed by atoms with van der Waals surface area (Å²) in [6, 6.07) is 12.2. The van der Waals surface area contributed by atoms with E-state index in [2.05, 4.69) is 5.32 Å². The zero-order valence-corrected chi connectivity index (χ0v) is 14.8. The molecule has 1 aliphatic heterocycles. The van der Waals surface area contributed by atoms with Gasteiger partial charge in [0.15, 0.2) is 0 Å². The number of hydrogen-bond acceptors (Lipinski definition) is 3. The van der Waals surface area contributed by atoms with Crippen LogP contribution in [0, 0.1) is 11.6 Å². The van der Waals surface area contributed by atoms with E-state index >= 15 is 0 Å². The fraction of sp³-hybridized carbons (Fsp3) is 0.263. The highest BCUT2D eigenvalue weighted by molar-refractivity contribution is 8.00. The average molecular weight is 376 g/mol. The van der Waals surface area contributed by atoms with Crippen LogP contribution in [0.15, 0.2) is 48.5 Å². The van der Waals surface area contributed by atoms with E-state index in [1.807, 2.05) is 0 Å². The van der Waals surface area contributed by atoms with Crippen molar-refractivity contribution >= 4 is 23.6 Å². The molecule has 0 aliphatic carbocycles. The second-order valence-corrected chi connectivity index (χ2v) is 6.99. The largest absolute Gasteiger partial charge is 0.352 e. The zero-order chi connectivity index (χ0) is 18.5. The number of amides is 2. The first-order valence-electron chi connectivity index (χ1n) is 8.21. The molecule has 3 rings (SSSR count). The Balaban J connectivity index is 1.55. The first-order chi connectivity index (χ1) is 12.5. The maximum absolute atomic E-state index is 14.0. The van der Waals surface area contributed by atoms with Crippen molar-refractivity contribution in [2.24, 2.45) is 0 Å². The first-order valence-corrected chi connectivity index (χ1v) is 9.26. The van der Waals surface area contributed by atoms with Crippen LogP contribution >= 0.6 is 11.8 Å². The number of nitrogens with zero attached hydrogens (tertiary/aromatic N) is 1. The van der Waals surface area contributed by atoms with Gasteiger partial charge < -0.3 is 10.2 Å². The van der Waals surface area contributed by atoms with E-state index in [9.17, 15) is 18.4 Å². The number of thioether (sulfide) groups is 1. The minimum atomic E-state index is -0.409. The lowest BCUT2D eigenvalue weighted by Crippen LogP contribution is -2.33. The normalized spacial score (nSPS) is 16.8. The van der Waals surface area contributed by atoms with E-state index in [1.165, 1.54) is 30.0 Å². The van der Waals surface area contributed by atoms with Gasteiger partial charge in [0.25, 0.3) is 0 Å². The number of carbonyl (C=O) groups excluding carboxylic acids is 2. The standard InChI is InChI=1S/C19H18F2N2O2S/c20-14-7-5-13(6-8-14)11-22-17(24)9-10-23-18(25)12-26-19(23)15-3-1-2-4-16(15)21/h1-8,19H,9-12H2,(H,22,24). The van der Waals surface area contributed by atoms with Gasteiger partial charge in [0.2, 0.25) is 11.8 Å². The van der Waals surface area contributed by atoms with Crippen molar-refractivity contribution < 1.29 is 18.4 Å². The monoisotopic (exact) mass is 376 g/mol. The predicted octanol–water partition coefficient (Wildman–Crippen LogP) is 3.25. The summed E-state index contributed by atoms with van der Waals surface area (Å²) in [5.74, 6) is -0.730. The smallest absolute Gasteiger partial charge is 0.233 e. The molecule has 1 N–H and O–H groups in total. The highest BCUT2D eigenvalue weighted by Gasteiger charge is 2.34. The molecule has 26 heavy (non-hydrogen) atoms. The van der Waals surface area contributed by atoms with Gasteiger partial charge in [0.05, 0.1) is 5.75 Å². The summed E-state index contributed by atoms with van der Waals surface area (Å²) in [5.41, 5.74) is 1.24. The Morgan fingerprint density at radius 3 is 2.62 bits per heavy atom. The van der Waals surface area contributed by atoms with E-state index in [0.29, 0.717) is 12.1 Å². The Morgan fingerprint density at radius 2 is 1.88 bits per heavy atom. The maximum atomic E-state index is 14.0. The van der Waals surface area contributed by atoms with Crippen LogP contribution in [0.1, 0.15) is 22.9 Å². The molecule has 2 amide bonds. The fourth-order valence-corrected chi connectivity index (χ4v) is 3.98. The average Bonchev–Trinajstić information content (AvgIpc) is 3.00. The third-order valence-corrected chi connectivity index (χ3v) is 5.36. The van der Waals surface area contributed by atoms with E-state index in [0.717, 1.165) is 5.56 Å². The predicted molar refractivity (Wildman–Crippen MR) is 96.2 cm³/mol. The minimum Gasteiger partial charge on any atom is -0.352 e. The van der Waals surface area contributed by atoms with Crippen molar-refractivity contribution in [2.75, 3.05) is 12.3 Å². The van der Waals surface area contributed by atoms with Gasteiger partial charge in [0.1, 0.15) is 17.0 Å². The van der Waals surface area contributed by atoms with Gasteiger partial charge >= 0.3 is 0 Å². The molecular weight excluding hydrogens is 358 g/mol. The lowest BCUT2D eigenvalue weighted by molar-refractivity contribution is -0.129. The molecule has 0 aromatic heterocycles. The molecule has 1 fully saturated rings. The molecule has 1 atom stereocenters. The lowest BCUT2D eigenvalue weighted by atomic mass is 10.2. The van der Waals surface area contributed by atoms with Gasteiger partial charge in [-0.25, -0.2) is 8.78 Å². The van der Waals surface area contributed by atoms with E-state index < -0.39 is 5.37 Å². The number of benzene rings is 2. The molecule has 1 aliphatic rings. The second kappa shape index (κ2) is 8.31. The number of hydrogen-bond donors (Lipinski definition) is 1. The Hall–Kier alpha value is -2.41. The molecule has 0 saturated carbocycles. The SMILES string of the molecule is O=C(CCN1C(=O)CSC1c1ccccc1F)NCc1ccc(F)cc1. The molecule has 1 saturated heterocycles.